The first-order chi connectivity index (χ1) is 15.8. The minimum Gasteiger partial charge on any atom is -0.466 e. The van der Waals surface area contributed by atoms with Crippen LogP contribution in [0.3, 0.4) is 0 Å². The minimum atomic E-state index is -0.301. The highest BCUT2D eigenvalue weighted by atomic mass is 16.6. The Morgan fingerprint density at radius 1 is 1.03 bits per heavy atom. The number of hydrogen-bond donors (Lipinski definition) is 2. The van der Waals surface area contributed by atoms with Gasteiger partial charge in [0.15, 0.2) is 0 Å². The Bertz CT molecular complexity index is 923. The van der Waals surface area contributed by atoms with E-state index >= 15 is 0 Å². The van der Waals surface area contributed by atoms with Gasteiger partial charge >= 0.3 is 5.97 Å². The van der Waals surface area contributed by atoms with Gasteiger partial charge in [0, 0.05) is 6.42 Å². The van der Waals surface area contributed by atoms with Gasteiger partial charge in [0.2, 0.25) is 0 Å². The van der Waals surface area contributed by atoms with Crippen molar-refractivity contribution in [3.8, 4) is 11.1 Å². The molecule has 33 heavy (non-hydrogen) atoms. The highest BCUT2D eigenvalue weighted by molar-refractivity contribution is 5.81. The molecule has 0 fully saturated rings. The summed E-state index contributed by atoms with van der Waals surface area (Å²) in [5.74, 6) is -0.133. The molecule has 6 heteroatoms. The first-order valence-corrected chi connectivity index (χ1v) is 12.2. The van der Waals surface area contributed by atoms with Gasteiger partial charge in [0.05, 0.1) is 23.5 Å². The van der Waals surface area contributed by atoms with Crippen LogP contribution in [-0.2, 0) is 16.0 Å². The van der Waals surface area contributed by atoms with E-state index in [1.165, 1.54) is 25.7 Å². The quantitative estimate of drug-likeness (QED) is 0.290. The van der Waals surface area contributed by atoms with Crippen molar-refractivity contribution >= 4 is 17.3 Å². The summed E-state index contributed by atoms with van der Waals surface area (Å²) in [5.41, 5.74) is 7.70. The van der Waals surface area contributed by atoms with E-state index < -0.39 is 0 Å². The van der Waals surface area contributed by atoms with Crippen LogP contribution in [-0.4, -0.2) is 28.6 Å². The van der Waals surface area contributed by atoms with Crippen molar-refractivity contribution in [2.75, 3.05) is 17.0 Å². The molecule has 6 nitrogen and oxygen atoms in total. The fourth-order valence-electron chi connectivity index (χ4n) is 4.27. The first kappa shape index (κ1) is 25.1. The van der Waals surface area contributed by atoms with Crippen LogP contribution in [0.4, 0.5) is 11.4 Å². The molecule has 0 saturated heterocycles. The van der Waals surface area contributed by atoms with Crippen LogP contribution in [0.5, 0.6) is 0 Å². The van der Waals surface area contributed by atoms with Crippen molar-refractivity contribution < 1.29 is 14.7 Å². The minimum absolute atomic E-state index is 0.133. The molecule has 0 spiro atoms. The summed E-state index contributed by atoms with van der Waals surface area (Å²) in [4.78, 5) is 12.3. The maximum absolute atomic E-state index is 12.3. The molecule has 180 valence electrons. The van der Waals surface area contributed by atoms with Crippen molar-refractivity contribution in [2.24, 2.45) is 0 Å². The molecule has 3 rings (SSSR count). The number of nitrogens with zero attached hydrogens (tertiary/aromatic N) is 2. The van der Waals surface area contributed by atoms with E-state index in [2.05, 4.69) is 30.5 Å². The lowest BCUT2D eigenvalue weighted by Crippen LogP contribution is -2.50. The molecule has 0 atom stereocenters. The van der Waals surface area contributed by atoms with Crippen molar-refractivity contribution in [3.63, 3.8) is 0 Å². The number of rotatable bonds is 11. The zero-order chi connectivity index (χ0) is 23.8. The van der Waals surface area contributed by atoms with Crippen LogP contribution >= 0.6 is 0 Å². The number of anilines is 2. The monoisotopic (exact) mass is 453 g/mol. The van der Waals surface area contributed by atoms with Gasteiger partial charge in [0.1, 0.15) is 0 Å². The fourth-order valence-corrected chi connectivity index (χ4v) is 4.27. The summed E-state index contributed by atoms with van der Waals surface area (Å²) in [6.45, 7) is 8.87. The van der Waals surface area contributed by atoms with Gasteiger partial charge in [-0.15, -0.1) is 0 Å². The Labute approximate surface area is 198 Å². The summed E-state index contributed by atoms with van der Waals surface area (Å²) in [7, 11) is 0. The van der Waals surface area contributed by atoms with Gasteiger partial charge in [-0.1, -0.05) is 69.4 Å². The molecule has 1 aliphatic heterocycles. The zero-order valence-electron chi connectivity index (χ0n) is 20.6. The van der Waals surface area contributed by atoms with Crippen molar-refractivity contribution in [3.05, 3.63) is 48.0 Å². The van der Waals surface area contributed by atoms with Gasteiger partial charge in [0.25, 0.3) is 0 Å². The number of hydrazine groups is 2. The number of benzene rings is 2. The molecule has 2 aromatic rings. The molecule has 2 N–H and O–H groups in total. The largest absolute Gasteiger partial charge is 0.466 e. The summed E-state index contributed by atoms with van der Waals surface area (Å²) in [6, 6.07) is 14.3. The Balaban J connectivity index is 1.61. The molecule has 2 aromatic carbocycles. The Hall–Kier alpha value is -2.57. The van der Waals surface area contributed by atoms with E-state index in [9.17, 15) is 10.0 Å². The lowest BCUT2D eigenvalue weighted by Gasteiger charge is -2.36. The van der Waals surface area contributed by atoms with Crippen LogP contribution in [0.2, 0.25) is 0 Å². The SMILES string of the molecule is CCCCCCCCOC(=O)CCc1ccccc1-c1ccc2c(c1)N(C(C)(C)C)N(O)N2. The fraction of sp³-hybridized carbons (Fsp3) is 0.519. The first-order valence-electron chi connectivity index (χ1n) is 12.2. The Kier molecular flexibility index (Phi) is 8.75. The molecular weight excluding hydrogens is 414 g/mol. The molecule has 0 amide bonds. The van der Waals surface area contributed by atoms with Crippen LogP contribution < -0.4 is 10.4 Å². The van der Waals surface area contributed by atoms with Gasteiger partial charge in [-0.05, 0) is 67.7 Å². The van der Waals surface area contributed by atoms with Gasteiger partial charge in [-0.3, -0.25) is 20.4 Å². The third-order valence-corrected chi connectivity index (χ3v) is 5.96. The van der Waals surface area contributed by atoms with Crippen LogP contribution in [0.1, 0.15) is 78.2 Å². The van der Waals surface area contributed by atoms with E-state index in [1.54, 1.807) is 0 Å². The number of fused-ring (bicyclic) bond motifs is 1. The molecule has 0 radical (unpaired) electrons. The normalized spacial score (nSPS) is 13.7. The molecule has 1 aliphatic rings. The van der Waals surface area contributed by atoms with Crippen molar-refractivity contribution in [2.45, 2.75) is 84.6 Å². The molecule has 0 aromatic heterocycles. The predicted molar refractivity (Wildman–Crippen MR) is 134 cm³/mol. The van der Waals surface area contributed by atoms with Gasteiger partial charge < -0.3 is 4.74 Å². The molecule has 0 bridgehead atoms. The Morgan fingerprint density at radius 2 is 1.76 bits per heavy atom. The maximum Gasteiger partial charge on any atom is 0.306 e. The standard InChI is InChI=1S/C27H39N3O3/c1-5-6-7-8-9-12-19-33-26(31)18-16-21-13-10-11-14-23(21)22-15-17-24-25(20-22)29(27(2,3)4)30(32)28-24/h10-11,13-15,17,20,28,32H,5-9,12,16,18-19H2,1-4H3. The molecule has 0 saturated carbocycles. The Morgan fingerprint density at radius 3 is 2.52 bits per heavy atom. The highest BCUT2D eigenvalue weighted by Gasteiger charge is 2.34. The summed E-state index contributed by atoms with van der Waals surface area (Å²) < 4.78 is 5.45. The number of ether oxygens (including phenoxy) is 1. The number of carbonyl (C=O) groups is 1. The van der Waals surface area contributed by atoms with Crippen LogP contribution in [0.25, 0.3) is 11.1 Å². The summed E-state index contributed by atoms with van der Waals surface area (Å²) >= 11 is 0. The molecular formula is C27H39N3O3. The smallest absolute Gasteiger partial charge is 0.306 e. The highest BCUT2D eigenvalue weighted by Crippen LogP contribution is 2.40. The number of aryl methyl sites for hydroxylation is 1. The third kappa shape index (κ3) is 6.71. The lowest BCUT2D eigenvalue weighted by atomic mass is 9.95. The average molecular weight is 454 g/mol. The van der Waals surface area contributed by atoms with E-state index in [1.807, 2.05) is 50.0 Å². The summed E-state index contributed by atoms with van der Waals surface area (Å²) in [5, 5.41) is 13.2. The van der Waals surface area contributed by atoms with E-state index in [0.29, 0.717) is 19.4 Å². The number of carbonyl (C=O) groups excluding carboxylic acids is 1. The van der Waals surface area contributed by atoms with Crippen LogP contribution in [0, 0.1) is 0 Å². The number of nitrogens with one attached hydrogen (secondary N) is 1. The average Bonchev–Trinajstić information content (AvgIpc) is 3.12. The van der Waals surface area contributed by atoms with Crippen molar-refractivity contribution in [1.29, 1.82) is 0 Å². The van der Waals surface area contributed by atoms with Crippen LogP contribution in [0.15, 0.2) is 42.5 Å². The summed E-state index contributed by atoms with van der Waals surface area (Å²) in [6.07, 6.45) is 8.09. The van der Waals surface area contributed by atoms with Crippen molar-refractivity contribution in [1.82, 2.24) is 5.28 Å². The molecule has 0 aliphatic carbocycles. The van der Waals surface area contributed by atoms with Gasteiger partial charge in [-0.25, -0.2) is 0 Å². The second-order valence-electron chi connectivity index (χ2n) is 9.76. The third-order valence-electron chi connectivity index (χ3n) is 5.96. The topological polar surface area (TPSA) is 65.0 Å². The lowest BCUT2D eigenvalue weighted by molar-refractivity contribution is -0.143. The maximum atomic E-state index is 12.3. The zero-order valence-corrected chi connectivity index (χ0v) is 20.6. The van der Waals surface area contributed by atoms with Gasteiger partial charge in [-0.2, -0.15) is 0 Å². The van der Waals surface area contributed by atoms with E-state index in [4.69, 9.17) is 4.74 Å². The van der Waals surface area contributed by atoms with E-state index in [-0.39, 0.29) is 11.5 Å². The molecule has 0 unspecified atom stereocenters. The number of hydrogen-bond acceptors (Lipinski definition) is 6. The molecule has 1 heterocycles. The number of unbranched alkanes of at least 4 members (excludes halogenated alkanes) is 5. The predicted octanol–water partition coefficient (Wildman–Crippen LogP) is 6.74. The second-order valence-corrected chi connectivity index (χ2v) is 9.76. The van der Waals surface area contributed by atoms with E-state index in [0.717, 1.165) is 46.2 Å². The number of esters is 1. The second kappa shape index (κ2) is 11.5.